The van der Waals surface area contributed by atoms with Crippen molar-refractivity contribution >= 4 is 55.8 Å². The van der Waals surface area contributed by atoms with E-state index in [1.54, 1.807) is 18.2 Å². The predicted molar refractivity (Wildman–Crippen MR) is 121 cm³/mol. The lowest BCUT2D eigenvalue weighted by molar-refractivity contribution is 0.570. The summed E-state index contributed by atoms with van der Waals surface area (Å²) in [6, 6.07) is 9.02. The molecule has 0 aliphatic carbocycles. The van der Waals surface area contributed by atoms with Gasteiger partial charge >= 0.3 is 0 Å². The Labute approximate surface area is 188 Å². The first-order valence-electron chi connectivity index (χ1n) is 8.93. The predicted octanol–water partition coefficient (Wildman–Crippen LogP) is 3.98. The molecule has 0 aliphatic rings. The third kappa shape index (κ3) is 5.62. The fourth-order valence-corrected chi connectivity index (χ4v) is 4.54. The number of nitrogens with zero attached hydrogens (tertiary/aromatic N) is 2. The number of nitrogens with one attached hydrogen (secondary N) is 4. The lowest BCUT2D eigenvalue weighted by Gasteiger charge is -2.16. The number of halogens is 2. The van der Waals surface area contributed by atoms with Gasteiger partial charge in [0.05, 0.1) is 39.2 Å². The van der Waals surface area contributed by atoms with E-state index in [9.17, 15) is 12.8 Å². The van der Waals surface area contributed by atoms with Crippen molar-refractivity contribution in [3.05, 3.63) is 57.6 Å². The maximum atomic E-state index is 14.7. The highest BCUT2D eigenvalue weighted by Crippen LogP contribution is 2.34. The van der Waals surface area contributed by atoms with E-state index in [1.807, 2.05) is 7.05 Å². The van der Waals surface area contributed by atoms with Gasteiger partial charge in [0.25, 0.3) is 10.0 Å². The largest absolute Gasteiger partial charge is 0.382 e. The Morgan fingerprint density at radius 3 is 2.68 bits per heavy atom. The first kappa shape index (κ1) is 22.8. The van der Waals surface area contributed by atoms with Crippen LogP contribution in [0.1, 0.15) is 5.56 Å². The van der Waals surface area contributed by atoms with Gasteiger partial charge in [-0.15, -0.1) is 11.3 Å². The van der Waals surface area contributed by atoms with Crippen LogP contribution in [0.25, 0.3) is 0 Å². The van der Waals surface area contributed by atoms with Crippen LogP contribution in [0, 0.1) is 17.1 Å². The molecule has 2 aromatic carbocycles. The lowest BCUT2D eigenvalue weighted by atomic mass is 10.1. The molecule has 8 nitrogen and oxygen atoms in total. The van der Waals surface area contributed by atoms with Crippen LogP contribution in [0.2, 0.25) is 5.02 Å². The smallest absolute Gasteiger partial charge is 0.266 e. The molecule has 0 aliphatic heterocycles. The molecule has 0 saturated heterocycles. The van der Waals surface area contributed by atoms with Gasteiger partial charge in [-0.3, -0.25) is 4.72 Å². The molecular weight excluding hydrogens is 463 g/mol. The summed E-state index contributed by atoms with van der Waals surface area (Å²) in [5.74, 6) is -0.884. The number of thiazole rings is 1. The number of rotatable bonds is 9. The number of anilines is 4. The van der Waals surface area contributed by atoms with Crippen molar-refractivity contribution in [3.63, 3.8) is 0 Å². The zero-order valence-electron chi connectivity index (χ0n) is 16.2. The summed E-state index contributed by atoms with van der Waals surface area (Å²) >= 11 is 7.46. The van der Waals surface area contributed by atoms with E-state index in [0.717, 1.165) is 12.1 Å². The van der Waals surface area contributed by atoms with Gasteiger partial charge in [-0.05, 0) is 31.3 Å². The van der Waals surface area contributed by atoms with E-state index in [-0.39, 0.29) is 16.5 Å². The summed E-state index contributed by atoms with van der Waals surface area (Å²) in [4.78, 5) is 3.24. The number of hydrogen-bond acceptors (Lipinski definition) is 8. The highest BCUT2D eigenvalue weighted by molar-refractivity contribution is 7.92. The molecule has 1 heterocycles. The number of benzene rings is 2. The average Bonchev–Trinajstić information content (AvgIpc) is 3.23. The Kier molecular flexibility index (Phi) is 7.29. The number of hydrogen-bond donors (Lipinski definition) is 4. The summed E-state index contributed by atoms with van der Waals surface area (Å²) in [6.07, 6.45) is 0. The van der Waals surface area contributed by atoms with Crippen LogP contribution in [0.15, 0.2) is 46.1 Å². The molecule has 4 N–H and O–H groups in total. The van der Waals surface area contributed by atoms with Crippen LogP contribution in [-0.4, -0.2) is 33.5 Å². The van der Waals surface area contributed by atoms with Gasteiger partial charge in [-0.1, -0.05) is 11.6 Å². The Bertz CT molecular complexity index is 1210. The number of sulfonamides is 1. The molecular formula is C19H18ClFN6O2S2. The minimum absolute atomic E-state index is 0.00517. The van der Waals surface area contributed by atoms with E-state index >= 15 is 0 Å². The van der Waals surface area contributed by atoms with Gasteiger partial charge in [-0.25, -0.2) is 17.8 Å². The Hall–Kier alpha value is -2.91. The summed E-state index contributed by atoms with van der Waals surface area (Å²) in [5, 5.41) is 19.8. The van der Waals surface area contributed by atoms with E-state index in [1.165, 1.54) is 22.2 Å². The molecule has 0 bridgehead atoms. The van der Waals surface area contributed by atoms with Crippen molar-refractivity contribution in [3.8, 4) is 6.07 Å². The van der Waals surface area contributed by atoms with E-state index in [0.29, 0.717) is 30.0 Å². The van der Waals surface area contributed by atoms with Crippen molar-refractivity contribution in [1.29, 1.82) is 5.26 Å². The minimum atomic E-state index is -4.21. The molecule has 0 fully saturated rings. The zero-order valence-corrected chi connectivity index (χ0v) is 18.6. The second-order valence-electron chi connectivity index (χ2n) is 6.27. The van der Waals surface area contributed by atoms with Gasteiger partial charge in [0, 0.05) is 24.5 Å². The van der Waals surface area contributed by atoms with Crippen LogP contribution in [0.3, 0.4) is 0 Å². The van der Waals surface area contributed by atoms with Gasteiger partial charge < -0.3 is 16.0 Å². The van der Waals surface area contributed by atoms with Gasteiger partial charge in [0.2, 0.25) is 0 Å². The van der Waals surface area contributed by atoms with Crippen molar-refractivity contribution in [2.45, 2.75) is 4.90 Å². The summed E-state index contributed by atoms with van der Waals surface area (Å²) < 4.78 is 41.9. The number of nitriles is 1. The molecule has 0 spiro atoms. The van der Waals surface area contributed by atoms with Crippen LogP contribution in [-0.2, 0) is 10.0 Å². The standard InChI is InChI=1S/C19H18ClFN6O2S2/c1-23-4-5-24-17-6-12(9-22)2-3-15(17)26-16-8-14(21)18(7-13(16)20)31(28,29)27-19-10-30-11-25-19/h2-3,6-8,10-11,23-24,26-27H,4-5H2,1H3. The number of aromatic nitrogens is 1. The maximum Gasteiger partial charge on any atom is 0.266 e. The molecule has 0 unspecified atom stereocenters. The molecule has 0 saturated carbocycles. The average molecular weight is 481 g/mol. The van der Waals surface area contributed by atoms with Crippen LogP contribution >= 0.6 is 22.9 Å². The number of likely N-dealkylation sites (N-methyl/N-ethyl adjacent to an activating group) is 1. The van der Waals surface area contributed by atoms with E-state index in [4.69, 9.17) is 16.9 Å². The van der Waals surface area contributed by atoms with Gasteiger partial charge in [0.1, 0.15) is 10.7 Å². The van der Waals surface area contributed by atoms with Crippen LogP contribution in [0.5, 0.6) is 0 Å². The second kappa shape index (κ2) is 9.93. The third-order valence-corrected chi connectivity index (χ3v) is 6.36. The quantitative estimate of drug-likeness (QED) is 0.342. The molecule has 0 radical (unpaired) electrons. The topological polar surface area (TPSA) is 119 Å². The third-order valence-electron chi connectivity index (χ3n) is 4.09. The Morgan fingerprint density at radius 2 is 2.00 bits per heavy atom. The molecule has 3 aromatic rings. The van der Waals surface area contributed by atoms with E-state index < -0.39 is 20.7 Å². The Morgan fingerprint density at radius 1 is 1.19 bits per heavy atom. The van der Waals surface area contributed by atoms with Crippen molar-refractivity contribution in [2.75, 3.05) is 35.5 Å². The zero-order chi connectivity index (χ0) is 22.4. The molecule has 31 heavy (non-hydrogen) atoms. The first-order valence-corrected chi connectivity index (χ1v) is 11.7. The van der Waals surface area contributed by atoms with Crippen molar-refractivity contribution in [2.24, 2.45) is 0 Å². The van der Waals surface area contributed by atoms with E-state index in [2.05, 4.69) is 31.7 Å². The summed E-state index contributed by atoms with van der Waals surface area (Å²) in [7, 11) is -2.39. The monoisotopic (exact) mass is 480 g/mol. The molecule has 3 rings (SSSR count). The fourth-order valence-electron chi connectivity index (χ4n) is 2.62. The molecule has 0 amide bonds. The minimum Gasteiger partial charge on any atom is -0.382 e. The van der Waals surface area contributed by atoms with Crippen molar-refractivity contribution in [1.82, 2.24) is 10.3 Å². The first-order chi connectivity index (χ1) is 14.8. The van der Waals surface area contributed by atoms with Gasteiger partial charge in [-0.2, -0.15) is 5.26 Å². The summed E-state index contributed by atoms with van der Waals surface area (Å²) in [5.41, 5.74) is 3.24. The van der Waals surface area contributed by atoms with Crippen LogP contribution < -0.4 is 20.7 Å². The lowest BCUT2D eigenvalue weighted by Crippen LogP contribution is -2.18. The summed E-state index contributed by atoms with van der Waals surface area (Å²) in [6.45, 7) is 1.27. The molecule has 12 heteroatoms. The fraction of sp³-hybridized carbons (Fsp3) is 0.158. The highest BCUT2D eigenvalue weighted by atomic mass is 35.5. The van der Waals surface area contributed by atoms with Crippen molar-refractivity contribution < 1.29 is 12.8 Å². The normalized spacial score (nSPS) is 11.0. The van der Waals surface area contributed by atoms with Crippen LogP contribution in [0.4, 0.5) is 27.3 Å². The van der Waals surface area contributed by atoms with Gasteiger partial charge in [0.15, 0.2) is 5.82 Å². The molecule has 162 valence electrons. The Balaban J connectivity index is 1.90. The molecule has 1 aromatic heterocycles. The SMILES string of the molecule is CNCCNc1cc(C#N)ccc1Nc1cc(F)c(S(=O)(=O)Nc2cscn2)cc1Cl. The molecule has 0 atom stereocenters. The second-order valence-corrected chi connectivity index (χ2v) is 9.05. The maximum absolute atomic E-state index is 14.7. The highest BCUT2D eigenvalue weighted by Gasteiger charge is 2.22.